The van der Waals surface area contributed by atoms with Crippen LogP contribution in [0.25, 0.3) is 0 Å². The highest BCUT2D eigenvalue weighted by molar-refractivity contribution is 5.69. The van der Waals surface area contributed by atoms with Gasteiger partial charge in [-0.2, -0.15) is 0 Å². The molecular formula is C44H80O4. The normalized spacial score (nSPS) is 12.5. The van der Waals surface area contributed by atoms with E-state index in [2.05, 4.69) is 50.3 Å². The third-order valence-electron chi connectivity index (χ3n) is 9.45. The van der Waals surface area contributed by atoms with Crippen molar-refractivity contribution >= 4 is 11.9 Å². The molecule has 0 saturated carbocycles. The molecule has 0 heterocycles. The summed E-state index contributed by atoms with van der Waals surface area (Å²) in [5.41, 5.74) is 0. The number of allylic oxidation sites excluding steroid dienone is 6. The fourth-order valence-corrected chi connectivity index (χ4v) is 6.31. The summed E-state index contributed by atoms with van der Waals surface area (Å²) in [6.07, 6.45) is 52.7. The first-order valence-corrected chi connectivity index (χ1v) is 21.0. The highest BCUT2D eigenvalue weighted by Crippen LogP contribution is 2.17. The molecule has 4 nitrogen and oxygen atoms in total. The molecular weight excluding hydrogens is 592 g/mol. The Morgan fingerprint density at radius 1 is 0.479 bits per heavy atom. The Bertz CT molecular complexity index is 768. The van der Waals surface area contributed by atoms with E-state index in [9.17, 15) is 9.59 Å². The van der Waals surface area contributed by atoms with Crippen LogP contribution in [0, 0.1) is 0 Å². The fraction of sp³-hybridized carbons (Fsp3) is 0.818. The van der Waals surface area contributed by atoms with Crippen LogP contribution in [0.3, 0.4) is 0 Å². The zero-order chi connectivity index (χ0) is 35.0. The standard InChI is InChI=1S/C44H80O4/c1-3-5-6-7-8-9-10-11-12-15-20-23-26-29-32-35-38-41-44(47)48-42(4-2)39-36-33-30-27-24-21-18-16-13-14-17-19-22-25-28-31-34-37-40-43(45)46/h5-6,8-9,11-12,42H,3-4,7,10,13-41H2,1-2H3,(H,45,46)/b6-5-,9-8-,12-11-. The summed E-state index contributed by atoms with van der Waals surface area (Å²) in [6.45, 7) is 4.32. The molecule has 0 aromatic rings. The molecule has 0 saturated heterocycles. The van der Waals surface area contributed by atoms with E-state index in [0.717, 1.165) is 57.8 Å². The van der Waals surface area contributed by atoms with Gasteiger partial charge in [-0.25, -0.2) is 0 Å². The maximum Gasteiger partial charge on any atom is 0.306 e. The summed E-state index contributed by atoms with van der Waals surface area (Å²) in [5.74, 6) is -0.645. The van der Waals surface area contributed by atoms with E-state index in [-0.39, 0.29) is 12.1 Å². The second-order valence-electron chi connectivity index (χ2n) is 14.1. The highest BCUT2D eigenvalue weighted by Gasteiger charge is 2.12. The van der Waals surface area contributed by atoms with Gasteiger partial charge in [0.1, 0.15) is 6.10 Å². The molecule has 0 aliphatic heterocycles. The van der Waals surface area contributed by atoms with E-state index in [1.54, 1.807) is 0 Å². The van der Waals surface area contributed by atoms with Crippen LogP contribution in [0.5, 0.6) is 0 Å². The molecule has 0 rings (SSSR count). The van der Waals surface area contributed by atoms with E-state index in [1.165, 1.54) is 141 Å². The lowest BCUT2D eigenvalue weighted by atomic mass is 10.0. The number of carbonyl (C=O) groups is 2. The Hall–Kier alpha value is -1.84. The van der Waals surface area contributed by atoms with Gasteiger partial charge in [0.25, 0.3) is 0 Å². The number of esters is 1. The Labute approximate surface area is 299 Å². The summed E-state index contributed by atoms with van der Waals surface area (Å²) < 4.78 is 5.80. The van der Waals surface area contributed by atoms with Crippen LogP contribution >= 0.6 is 0 Å². The Morgan fingerprint density at radius 3 is 1.29 bits per heavy atom. The zero-order valence-electron chi connectivity index (χ0n) is 32.0. The maximum absolute atomic E-state index is 12.3. The van der Waals surface area contributed by atoms with Crippen LogP contribution in [0.15, 0.2) is 36.5 Å². The average Bonchev–Trinajstić information content (AvgIpc) is 3.08. The van der Waals surface area contributed by atoms with E-state index in [4.69, 9.17) is 9.84 Å². The van der Waals surface area contributed by atoms with Gasteiger partial charge in [-0.15, -0.1) is 0 Å². The minimum absolute atomic E-state index is 0.0163. The van der Waals surface area contributed by atoms with Crippen molar-refractivity contribution < 1.29 is 19.4 Å². The van der Waals surface area contributed by atoms with Crippen molar-refractivity contribution in [1.82, 2.24) is 0 Å². The lowest BCUT2D eigenvalue weighted by molar-refractivity contribution is -0.149. The highest BCUT2D eigenvalue weighted by atomic mass is 16.5. The first kappa shape index (κ1) is 46.2. The van der Waals surface area contributed by atoms with E-state index in [1.807, 2.05) is 0 Å². The van der Waals surface area contributed by atoms with Crippen LogP contribution < -0.4 is 0 Å². The largest absolute Gasteiger partial charge is 0.481 e. The Balaban J connectivity index is 3.42. The summed E-state index contributed by atoms with van der Waals surface area (Å²) in [5, 5.41) is 8.66. The number of hydrogen-bond acceptors (Lipinski definition) is 3. The molecule has 0 aromatic carbocycles. The van der Waals surface area contributed by atoms with Crippen molar-refractivity contribution in [2.75, 3.05) is 0 Å². The second kappa shape index (κ2) is 39.6. The second-order valence-corrected chi connectivity index (χ2v) is 14.1. The van der Waals surface area contributed by atoms with Gasteiger partial charge in [-0.05, 0) is 64.2 Å². The summed E-state index contributed by atoms with van der Waals surface area (Å²) in [7, 11) is 0. The first-order valence-electron chi connectivity index (χ1n) is 21.0. The molecule has 0 fully saturated rings. The van der Waals surface area contributed by atoms with Gasteiger partial charge in [0.05, 0.1) is 0 Å². The average molecular weight is 673 g/mol. The van der Waals surface area contributed by atoms with Crippen LogP contribution in [-0.4, -0.2) is 23.1 Å². The Kier molecular flexibility index (Phi) is 38.1. The third-order valence-corrected chi connectivity index (χ3v) is 9.45. The molecule has 0 bridgehead atoms. The van der Waals surface area contributed by atoms with Gasteiger partial charge in [-0.1, -0.05) is 185 Å². The predicted octanol–water partition coefficient (Wildman–Crippen LogP) is 14.6. The number of carboxylic acid groups (broad SMARTS) is 1. The molecule has 1 unspecified atom stereocenters. The van der Waals surface area contributed by atoms with E-state index in [0.29, 0.717) is 12.8 Å². The maximum atomic E-state index is 12.3. The summed E-state index contributed by atoms with van der Waals surface area (Å²) in [4.78, 5) is 22.8. The summed E-state index contributed by atoms with van der Waals surface area (Å²) >= 11 is 0. The molecule has 1 N–H and O–H groups in total. The van der Waals surface area contributed by atoms with Gasteiger partial charge in [-0.3, -0.25) is 9.59 Å². The van der Waals surface area contributed by atoms with Gasteiger partial charge in [0.2, 0.25) is 0 Å². The topological polar surface area (TPSA) is 63.6 Å². The number of carboxylic acids is 1. The lowest BCUT2D eigenvalue weighted by Gasteiger charge is -2.16. The number of carbonyl (C=O) groups excluding carboxylic acids is 1. The van der Waals surface area contributed by atoms with Crippen molar-refractivity contribution in [1.29, 1.82) is 0 Å². The monoisotopic (exact) mass is 673 g/mol. The lowest BCUT2D eigenvalue weighted by Crippen LogP contribution is -2.17. The van der Waals surface area contributed by atoms with Crippen LogP contribution in [-0.2, 0) is 14.3 Å². The molecule has 0 radical (unpaired) electrons. The minimum Gasteiger partial charge on any atom is -0.481 e. The smallest absolute Gasteiger partial charge is 0.306 e. The quantitative estimate of drug-likeness (QED) is 0.0403. The van der Waals surface area contributed by atoms with Gasteiger partial charge < -0.3 is 9.84 Å². The molecule has 0 aromatic heterocycles. The molecule has 48 heavy (non-hydrogen) atoms. The van der Waals surface area contributed by atoms with Crippen LogP contribution in [0.4, 0.5) is 0 Å². The molecule has 1 atom stereocenters. The minimum atomic E-state index is -0.661. The van der Waals surface area contributed by atoms with Crippen molar-refractivity contribution in [2.45, 2.75) is 232 Å². The van der Waals surface area contributed by atoms with E-state index < -0.39 is 5.97 Å². The van der Waals surface area contributed by atoms with Gasteiger partial charge >= 0.3 is 11.9 Å². The molecule has 280 valence electrons. The molecule has 4 heteroatoms. The molecule has 0 spiro atoms. The first-order chi connectivity index (χ1) is 23.6. The number of hydrogen-bond donors (Lipinski definition) is 1. The molecule has 0 amide bonds. The fourth-order valence-electron chi connectivity index (χ4n) is 6.31. The van der Waals surface area contributed by atoms with Gasteiger partial charge in [0, 0.05) is 12.8 Å². The SMILES string of the molecule is CC/C=C\C/C=C\C/C=C\CCCCCCCCCC(=O)OC(CC)CCCCCCCCCCCCCCCCCCCCC(=O)O. The van der Waals surface area contributed by atoms with E-state index >= 15 is 0 Å². The summed E-state index contributed by atoms with van der Waals surface area (Å²) in [6, 6.07) is 0. The predicted molar refractivity (Wildman–Crippen MR) is 209 cm³/mol. The Morgan fingerprint density at radius 2 is 0.854 bits per heavy atom. The zero-order valence-corrected chi connectivity index (χ0v) is 32.0. The van der Waals surface area contributed by atoms with Crippen molar-refractivity contribution in [3.63, 3.8) is 0 Å². The van der Waals surface area contributed by atoms with Crippen molar-refractivity contribution in [3.05, 3.63) is 36.5 Å². The van der Waals surface area contributed by atoms with Crippen LogP contribution in [0.1, 0.15) is 226 Å². The number of ether oxygens (including phenoxy) is 1. The number of aliphatic carboxylic acids is 1. The number of rotatable bonds is 38. The van der Waals surface area contributed by atoms with Gasteiger partial charge in [0.15, 0.2) is 0 Å². The number of unbranched alkanes of at least 4 members (excludes halogenated alkanes) is 24. The molecule has 0 aliphatic rings. The van der Waals surface area contributed by atoms with Crippen molar-refractivity contribution in [3.8, 4) is 0 Å². The third kappa shape index (κ3) is 38.6. The van der Waals surface area contributed by atoms with Crippen molar-refractivity contribution in [2.24, 2.45) is 0 Å². The molecule has 0 aliphatic carbocycles. The van der Waals surface area contributed by atoms with Crippen LogP contribution in [0.2, 0.25) is 0 Å².